The molecular weight excluding hydrogens is 200 g/mol. The summed E-state index contributed by atoms with van der Waals surface area (Å²) in [5, 5.41) is 0. The summed E-state index contributed by atoms with van der Waals surface area (Å²) in [4.78, 5) is 6.81. The van der Waals surface area contributed by atoms with Gasteiger partial charge in [0.25, 0.3) is 0 Å². The van der Waals surface area contributed by atoms with Gasteiger partial charge in [-0.1, -0.05) is 32.6 Å². The van der Waals surface area contributed by atoms with E-state index in [1.807, 2.05) is 0 Å². The van der Waals surface area contributed by atoms with Gasteiger partial charge < -0.3 is 4.90 Å². The minimum absolute atomic E-state index is 0.486. The molecule has 1 aliphatic carbocycles. The van der Waals surface area contributed by atoms with Crippen LogP contribution in [0.2, 0.25) is 0 Å². The van der Waals surface area contributed by atoms with Crippen LogP contribution in [-0.4, -0.2) is 30.5 Å². The number of aliphatic imine (C=N–C) groups is 1. The van der Waals surface area contributed by atoms with E-state index in [0.29, 0.717) is 6.04 Å². The van der Waals surface area contributed by atoms with Gasteiger partial charge in [-0.3, -0.25) is 5.43 Å². The van der Waals surface area contributed by atoms with Gasteiger partial charge in [-0.05, 0) is 19.3 Å². The molecule has 0 heterocycles. The average Bonchev–Trinajstić information content (AvgIpc) is 2.78. The molecule has 0 saturated heterocycles. The molecule has 4 heteroatoms. The summed E-state index contributed by atoms with van der Waals surface area (Å²) in [6, 6.07) is 0.486. The van der Waals surface area contributed by atoms with E-state index in [-0.39, 0.29) is 0 Å². The van der Waals surface area contributed by atoms with E-state index in [0.717, 1.165) is 12.5 Å². The molecule has 0 aromatic rings. The van der Waals surface area contributed by atoms with E-state index in [9.17, 15) is 0 Å². The van der Waals surface area contributed by atoms with Crippen LogP contribution in [-0.2, 0) is 0 Å². The lowest BCUT2D eigenvalue weighted by molar-refractivity contribution is 0.453. The largest absolute Gasteiger partial charge is 0.345 e. The molecule has 94 valence electrons. The van der Waals surface area contributed by atoms with Crippen LogP contribution in [0, 0.1) is 0 Å². The summed E-state index contributed by atoms with van der Waals surface area (Å²) < 4.78 is 0. The van der Waals surface area contributed by atoms with Crippen LogP contribution in [0.3, 0.4) is 0 Å². The first kappa shape index (κ1) is 13.3. The van der Waals surface area contributed by atoms with Crippen LogP contribution in [0.5, 0.6) is 0 Å². The Kier molecular flexibility index (Phi) is 6.23. The van der Waals surface area contributed by atoms with E-state index in [1.165, 1.54) is 44.9 Å². The smallest absolute Gasteiger partial charge is 0.208 e. The summed E-state index contributed by atoms with van der Waals surface area (Å²) in [5.74, 6) is 6.38. The highest BCUT2D eigenvalue weighted by molar-refractivity contribution is 5.79. The van der Waals surface area contributed by atoms with Crippen molar-refractivity contribution in [2.45, 2.75) is 57.9 Å². The number of nitrogens with zero attached hydrogens (tertiary/aromatic N) is 2. The Hall–Kier alpha value is -0.770. The molecule has 0 unspecified atom stereocenters. The third-order valence-corrected chi connectivity index (χ3v) is 3.22. The first-order valence-corrected chi connectivity index (χ1v) is 6.53. The molecular formula is C12H26N4. The van der Waals surface area contributed by atoms with Gasteiger partial charge >= 0.3 is 0 Å². The molecule has 0 radical (unpaired) electrons. The van der Waals surface area contributed by atoms with Crippen molar-refractivity contribution in [1.82, 2.24) is 10.3 Å². The standard InChI is InChI=1S/C12H26N4/c1-3-4-7-10-16(2)12(15-13)14-11-8-5-6-9-11/h11H,3-10,13H2,1-2H3,(H,14,15). The zero-order valence-electron chi connectivity index (χ0n) is 10.7. The maximum Gasteiger partial charge on any atom is 0.208 e. The fourth-order valence-corrected chi connectivity index (χ4v) is 2.16. The van der Waals surface area contributed by atoms with E-state index >= 15 is 0 Å². The molecule has 1 aliphatic rings. The Morgan fingerprint density at radius 3 is 2.62 bits per heavy atom. The van der Waals surface area contributed by atoms with E-state index in [1.54, 1.807) is 0 Å². The fourth-order valence-electron chi connectivity index (χ4n) is 2.16. The Labute approximate surface area is 99.3 Å². The molecule has 0 amide bonds. The van der Waals surface area contributed by atoms with Gasteiger partial charge in [-0.25, -0.2) is 10.8 Å². The van der Waals surface area contributed by atoms with Gasteiger partial charge in [0, 0.05) is 13.6 Å². The van der Waals surface area contributed by atoms with Gasteiger partial charge in [0.1, 0.15) is 0 Å². The lowest BCUT2D eigenvalue weighted by Crippen LogP contribution is -2.43. The van der Waals surface area contributed by atoms with Gasteiger partial charge in [-0.15, -0.1) is 0 Å². The van der Waals surface area contributed by atoms with Gasteiger partial charge in [0.05, 0.1) is 6.04 Å². The predicted octanol–water partition coefficient (Wildman–Crippen LogP) is 1.87. The predicted molar refractivity (Wildman–Crippen MR) is 69.2 cm³/mol. The van der Waals surface area contributed by atoms with Crippen LogP contribution < -0.4 is 11.3 Å². The maximum absolute atomic E-state index is 5.53. The van der Waals surface area contributed by atoms with Crippen molar-refractivity contribution in [1.29, 1.82) is 0 Å². The number of hydrogen-bond donors (Lipinski definition) is 2. The van der Waals surface area contributed by atoms with E-state index < -0.39 is 0 Å². The molecule has 3 N–H and O–H groups in total. The van der Waals surface area contributed by atoms with E-state index in [2.05, 4.69) is 29.3 Å². The van der Waals surface area contributed by atoms with Crippen LogP contribution in [0.25, 0.3) is 0 Å². The molecule has 0 aromatic carbocycles. The molecule has 0 bridgehead atoms. The number of unbranched alkanes of at least 4 members (excludes halogenated alkanes) is 2. The highest BCUT2D eigenvalue weighted by Gasteiger charge is 2.15. The Bertz CT molecular complexity index is 209. The van der Waals surface area contributed by atoms with Gasteiger partial charge in [0.15, 0.2) is 0 Å². The third kappa shape index (κ3) is 4.39. The molecule has 1 fully saturated rings. The Balaban J connectivity index is 2.38. The number of guanidine groups is 1. The molecule has 16 heavy (non-hydrogen) atoms. The molecule has 0 spiro atoms. The zero-order chi connectivity index (χ0) is 11.8. The van der Waals surface area contributed by atoms with Gasteiger partial charge in [0.2, 0.25) is 5.96 Å². The number of hydrogen-bond acceptors (Lipinski definition) is 2. The average molecular weight is 226 g/mol. The molecule has 0 aliphatic heterocycles. The second-order valence-corrected chi connectivity index (χ2v) is 4.66. The van der Waals surface area contributed by atoms with Crippen LogP contribution in [0.1, 0.15) is 51.9 Å². The van der Waals surface area contributed by atoms with Crippen molar-refractivity contribution < 1.29 is 0 Å². The van der Waals surface area contributed by atoms with Gasteiger partial charge in [-0.2, -0.15) is 0 Å². The molecule has 1 saturated carbocycles. The Morgan fingerprint density at radius 1 is 1.38 bits per heavy atom. The quantitative estimate of drug-likeness (QED) is 0.247. The topological polar surface area (TPSA) is 53.6 Å². The van der Waals surface area contributed by atoms with Crippen molar-refractivity contribution >= 4 is 5.96 Å². The SMILES string of the molecule is CCCCCN(C)C(=NC1CCCC1)NN. The summed E-state index contributed by atoms with van der Waals surface area (Å²) in [6.07, 6.45) is 8.78. The monoisotopic (exact) mass is 226 g/mol. The summed E-state index contributed by atoms with van der Waals surface area (Å²) in [7, 11) is 2.06. The molecule has 0 aromatic heterocycles. The normalized spacial score (nSPS) is 17.8. The number of nitrogens with two attached hydrogens (primary N) is 1. The molecule has 0 atom stereocenters. The first-order chi connectivity index (χ1) is 7.77. The number of nitrogens with one attached hydrogen (secondary N) is 1. The summed E-state index contributed by atoms with van der Waals surface area (Å²) >= 11 is 0. The maximum atomic E-state index is 5.53. The molecule has 4 nitrogen and oxygen atoms in total. The van der Waals surface area contributed by atoms with Crippen LogP contribution >= 0.6 is 0 Å². The summed E-state index contributed by atoms with van der Waals surface area (Å²) in [5.41, 5.74) is 2.73. The second kappa shape index (κ2) is 7.49. The van der Waals surface area contributed by atoms with Crippen LogP contribution in [0.15, 0.2) is 4.99 Å². The third-order valence-electron chi connectivity index (χ3n) is 3.22. The van der Waals surface area contributed by atoms with Crippen molar-refractivity contribution in [3.8, 4) is 0 Å². The Morgan fingerprint density at radius 2 is 2.06 bits per heavy atom. The fraction of sp³-hybridized carbons (Fsp3) is 0.917. The first-order valence-electron chi connectivity index (χ1n) is 6.53. The lowest BCUT2D eigenvalue weighted by Gasteiger charge is -2.21. The van der Waals surface area contributed by atoms with Crippen molar-refractivity contribution in [3.63, 3.8) is 0 Å². The minimum Gasteiger partial charge on any atom is -0.345 e. The number of hydrazine groups is 1. The van der Waals surface area contributed by atoms with E-state index in [4.69, 9.17) is 5.84 Å². The van der Waals surface area contributed by atoms with Crippen LogP contribution in [0.4, 0.5) is 0 Å². The second-order valence-electron chi connectivity index (χ2n) is 4.66. The zero-order valence-corrected chi connectivity index (χ0v) is 10.7. The minimum atomic E-state index is 0.486. The summed E-state index contributed by atoms with van der Waals surface area (Å²) in [6.45, 7) is 3.25. The van der Waals surface area contributed by atoms with Crippen molar-refractivity contribution in [2.75, 3.05) is 13.6 Å². The lowest BCUT2D eigenvalue weighted by atomic mass is 10.2. The van der Waals surface area contributed by atoms with Crippen molar-refractivity contribution in [2.24, 2.45) is 10.8 Å². The molecule has 1 rings (SSSR count). The highest BCUT2D eigenvalue weighted by Crippen LogP contribution is 2.20. The van der Waals surface area contributed by atoms with Crippen molar-refractivity contribution in [3.05, 3.63) is 0 Å². The number of rotatable bonds is 5. The highest BCUT2D eigenvalue weighted by atomic mass is 15.4.